The van der Waals surface area contributed by atoms with Gasteiger partial charge in [-0.1, -0.05) is 56.3 Å². The lowest BCUT2D eigenvalue weighted by Gasteiger charge is -2.39. The van der Waals surface area contributed by atoms with Crippen LogP contribution in [-0.4, -0.2) is 59.1 Å². The molecule has 1 aliphatic rings. The Labute approximate surface area is 215 Å². The number of nitrogens with zero attached hydrogens (tertiary/aromatic N) is 1. The zero-order chi connectivity index (χ0) is 26.2. The SMILES string of the molecule is CSCC[C@@H](NC(=O)[C@H](Cc1ccccc1)NC(=O)N1c2ccccc2NC(=O)[C@H]1C(C)C)C(=O)O. The van der Waals surface area contributed by atoms with Crippen LogP contribution < -0.4 is 20.9 Å². The Morgan fingerprint density at radius 2 is 1.69 bits per heavy atom. The molecule has 4 amide bonds. The molecule has 2 aromatic carbocycles. The largest absolute Gasteiger partial charge is 0.480 e. The minimum atomic E-state index is -1.14. The zero-order valence-electron chi connectivity index (χ0n) is 20.6. The summed E-state index contributed by atoms with van der Waals surface area (Å²) in [6, 6.07) is 12.6. The van der Waals surface area contributed by atoms with E-state index in [1.807, 2.05) is 50.4 Å². The number of fused-ring (bicyclic) bond motifs is 1. The first-order chi connectivity index (χ1) is 17.2. The van der Waals surface area contributed by atoms with Crippen LogP contribution in [0.5, 0.6) is 0 Å². The molecule has 1 aliphatic heterocycles. The summed E-state index contributed by atoms with van der Waals surface area (Å²) in [5.74, 6) is -1.69. The van der Waals surface area contributed by atoms with Gasteiger partial charge in [0.05, 0.1) is 11.4 Å². The number of hydrogen-bond donors (Lipinski definition) is 4. The average Bonchev–Trinajstić information content (AvgIpc) is 2.85. The van der Waals surface area contributed by atoms with Crippen molar-refractivity contribution < 1.29 is 24.3 Å². The fraction of sp³-hybridized carbons (Fsp3) is 0.385. The molecule has 0 spiro atoms. The lowest BCUT2D eigenvalue weighted by molar-refractivity contribution is -0.142. The lowest BCUT2D eigenvalue weighted by atomic mass is 9.98. The molecule has 0 aromatic heterocycles. The molecule has 192 valence electrons. The van der Waals surface area contributed by atoms with E-state index in [1.165, 1.54) is 16.7 Å². The van der Waals surface area contributed by atoms with Crippen molar-refractivity contribution in [3.63, 3.8) is 0 Å². The minimum absolute atomic E-state index is 0.154. The van der Waals surface area contributed by atoms with Crippen molar-refractivity contribution in [3.05, 3.63) is 60.2 Å². The van der Waals surface area contributed by atoms with Crippen LogP contribution in [-0.2, 0) is 20.8 Å². The molecule has 0 fully saturated rings. The standard InChI is InChI=1S/C26H32N4O5S/c1-16(2)22-24(32)27-18-11-7-8-12-21(18)30(22)26(35)29-20(15-17-9-5-4-6-10-17)23(31)28-19(25(33)34)13-14-36-3/h4-12,16,19-20,22H,13-15H2,1-3H3,(H,27,32)(H,28,31)(H,29,35)(H,33,34)/t19-,20+,22-/m1/s1. The second kappa shape index (κ2) is 12.4. The molecular formula is C26H32N4O5S. The van der Waals surface area contributed by atoms with Gasteiger partial charge in [0.2, 0.25) is 11.8 Å². The first kappa shape index (κ1) is 27.1. The summed E-state index contributed by atoms with van der Waals surface area (Å²) in [4.78, 5) is 52.9. The number of aliphatic carboxylic acids is 1. The number of carboxylic acid groups (broad SMARTS) is 1. The average molecular weight is 513 g/mol. The molecule has 9 nitrogen and oxygen atoms in total. The van der Waals surface area contributed by atoms with E-state index in [9.17, 15) is 24.3 Å². The van der Waals surface area contributed by atoms with Gasteiger partial charge in [0.15, 0.2) is 0 Å². The van der Waals surface area contributed by atoms with E-state index in [2.05, 4.69) is 16.0 Å². The molecule has 0 saturated heterocycles. The summed E-state index contributed by atoms with van der Waals surface area (Å²) in [7, 11) is 0. The zero-order valence-corrected chi connectivity index (χ0v) is 21.4. The lowest BCUT2D eigenvalue weighted by Crippen LogP contribution is -2.60. The molecule has 1 heterocycles. The van der Waals surface area contributed by atoms with Gasteiger partial charge < -0.3 is 21.1 Å². The van der Waals surface area contributed by atoms with Crippen LogP contribution in [0.4, 0.5) is 16.2 Å². The van der Waals surface area contributed by atoms with Gasteiger partial charge in [-0.15, -0.1) is 0 Å². The third-order valence-corrected chi connectivity index (χ3v) is 6.58. The van der Waals surface area contributed by atoms with Crippen LogP contribution in [0, 0.1) is 5.92 Å². The van der Waals surface area contributed by atoms with Crippen molar-refractivity contribution in [2.75, 3.05) is 22.2 Å². The van der Waals surface area contributed by atoms with Crippen LogP contribution in [0.3, 0.4) is 0 Å². The third-order valence-electron chi connectivity index (χ3n) is 5.94. The van der Waals surface area contributed by atoms with Crippen molar-refractivity contribution in [3.8, 4) is 0 Å². The molecule has 10 heteroatoms. The maximum absolute atomic E-state index is 13.7. The van der Waals surface area contributed by atoms with E-state index in [-0.39, 0.29) is 24.7 Å². The van der Waals surface area contributed by atoms with E-state index >= 15 is 0 Å². The summed E-state index contributed by atoms with van der Waals surface area (Å²) >= 11 is 1.48. The van der Waals surface area contributed by atoms with E-state index in [1.54, 1.807) is 24.3 Å². The highest BCUT2D eigenvalue weighted by atomic mass is 32.2. The molecule has 0 unspecified atom stereocenters. The van der Waals surface area contributed by atoms with Crippen LogP contribution in [0.15, 0.2) is 54.6 Å². The molecule has 0 radical (unpaired) electrons. The van der Waals surface area contributed by atoms with Crippen LogP contribution in [0.25, 0.3) is 0 Å². The number of nitrogens with one attached hydrogen (secondary N) is 3. The number of urea groups is 1. The van der Waals surface area contributed by atoms with Gasteiger partial charge in [-0.25, -0.2) is 9.59 Å². The third kappa shape index (κ3) is 6.57. The molecule has 0 saturated carbocycles. The van der Waals surface area contributed by atoms with Crippen LogP contribution in [0.2, 0.25) is 0 Å². The summed E-state index contributed by atoms with van der Waals surface area (Å²) in [5.41, 5.74) is 1.82. The monoisotopic (exact) mass is 512 g/mol. The number of thioether (sulfide) groups is 1. The second-order valence-electron chi connectivity index (χ2n) is 8.94. The van der Waals surface area contributed by atoms with Crippen LogP contribution >= 0.6 is 11.8 Å². The van der Waals surface area contributed by atoms with Crippen molar-refractivity contribution in [2.45, 2.75) is 44.8 Å². The Morgan fingerprint density at radius 1 is 1.03 bits per heavy atom. The molecule has 0 aliphatic carbocycles. The molecule has 36 heavy (non-hydrogen) atoms. The van der Waals surface area contributed by atoms with E-state index < -0.39 is 36.0 Å². The number of para-hydroxylation sites is 2. The van der Waals surface area contributed by atoms with Crippen molar-refractivity contribution in [2.24, 2.45) is 5.92 Å². The van der Waals surface area contributed by atoms with Crippen molar-refractivity contribution in [1.29, 1.82) is 0 Å². The van der Waals surface area contributed by atoms with E-state index in [0.29, 0.717) is 17.1 Å². The smallest absolute Gasteiger partial charge is 0.326 e. The minimum Gasteiger partial charge on any atom is -0.480 e. The fourth-order valence-corrected chi connectivity index (χ4v) is 4.61. The summed E-state index contributed by atoms with van der Waals surface area (Å²) in [6.07, 6.45) is 2.27. The first-order valence-corrected chi connectivity index (χ1v) is 13.2. The van der Waals surface area contributed by atoms with Crippen molar-refractivity contribution in [1.82, 2.24) is 10.6 Å². The Kier molecular flexibility index (Phi) is 9.35. The maximum Gasteiger partial charge on any atom is 0.326 e. The van der Waals surface area contributed by atoms with Gasteiger partial charge in [0.1, 0.15) is 18.1 Å². The van der Waals surface area contributed by atoms with E-state index in [4.69, 9.17) is 0 Å². The predicted molar refractivity (Wildman–Crippen MR) is 141 cm³/mol. The van der Waals surface area contributed by atoms with Gasteiger partial charge in [-0.05, 0) is 42.0 Å². The number of hydrogen-bond acceptors (Lipinski definition) is 5. The second-order valence-corrected chi connectivity index (χ2v) is 9.92. The number of amides is 4. The van der Waals surface area contributed by atoms with Crippen molar-refractivity contribution >= 4 is 47.0 Å². The van der Waals surface area contributed by atoms with Gasteiger partial charge in [0.25, 0.3) is 0 Å². The molecule has 4 N–H and O–H groups in total. The predicted octanol–water partition coefficient (Wildman–Crippen LogP) is 3.11. The highest BCUT2D eigenvalue weighted by Crippen LogP contribution is 2.34. The van der Waals surface area contributed by atoms with E-state index in [0.717, 1.165) is 5.56 Å². The Bertz CT molecular complexity index is 1090. The van der Waals surface area contributed by atoms with Gasteiger partial charge in [-0.2, -0.15) is 11.8 Å². The number of carbonyl (C=O) groups is 4. The van der Waals surface area contributed by atoms with Gasteiger partial charge in [-0.3, -0.25) is 14.5 Å². The Morgan fingerprint density at radius 3 is 2.33 bits per heavy atom. The number of anilines is 2. The summed E-state index contributed by atoms with van der Waals surface area (Å²) in [5, 5.41) is 17.8. The molecule has 0 bridgehead atoms. The Hall–Kier alpha value is -3.53. The quantitative estimate of drug-likeness (QED) is 0.387. The molecule has 2 aromatic rings. The molecular weight excluding hydrogens is 480 g/mol. The summed E-state index contributed by atoms with van der Waals surface area (Å²) in [6.45, 7) is 3.69. The van der Waals surface area contributed by atoms with Gasteiger partial charge in [0, 0.05) is 6.42 Å². The number of benzene rings is 2. The number of carboxylic acids is 1. The first-order valence-electron chi connectivity index (χ1n) is 11.8. The Balaban J connectivity index is 1.90. The fourth-order valence-electron chi connectivity index (χ4n) is 4.14. The van der Waals surface area contributed by atoms with Crippen LogP contribution in [0.1, 0.15) is 25.8 Å². The topological polar surface area (TPSA) is 128 Å². The highest BCUT2D eigenvalue weighted by Gasteiger charge is 2.40. The number of carbonyl (C=O) groups excluding carboxylic acids is 3. The van der Waals surface area contributed by atoms with Gasteiger partial charge >= 0.3 is 12.0 Å². The summed E-state index contributed by atoms with van der Waals surface area (Å²) < 4.78 is 0. The highest BCUT2D eigenvalue weighted by molar-refractivity contribution is 7.98. The molecule has 3 rings (SSSR count). The molecule has 3 atom stereocenters. The normalized spacial score (nSPS) is 16.5. The number of rotatable bonds is 10. The maximum atomic E-state index is 13.7.